The fourth-order valence-corrected chi connectivity index (χ4v) is 1.97. The van der Waals surface area contributed by atoms with Crippen molar-refractivity contribution < 1.29 is 9.53 Å². The third-order valence-electron chi connectivity index (χ3n) is 2.30. The second-order valence-corrected chi connectivity index (χ2v) is 5.06. The maximum atomic E-state index is 11.8. The van der Waals surface area contributed by atoms with Gasteiger partial charge in [-0.05, 0) is 40.9 Å². The summed E-state index contributed by atoms with van der Waals surface area (Å²) in [5.74, 6) is -0.156. The minimum absolute atomic E-state index is 0.156. The predicted molar refractivity (Wildman–Crippen MR) is 77.2 cm³/mol. The quantitative estimate of drug-likeness (QED) is 0.773. The molecule has 0 atom stereocenters. The van der Waals surface area contributed by atoms with Crippen LogP contribution in [0.1, 0.15) is 30.1 Å². The van der Waals surface area contributed by atoms with Crippen molar-refractivity contribution in [3.63, 3.8) is 0 Å². The summed E-state index contributed by atoms with van der Waals surface area (Å²) >= 11 is 9.33. The van der Waals surface area contributed by atoms with E-state index in [1.54, 1.807) is 18.2 Å². The van der Waals surface area contributed by atoms with Crippen LogP contribution in [0.3, 0.4) is 0 Å². The number of hydrogen-bond donors (Lipinski definition) is 1. The van der Waals surface area contributed by atoms with Crippen molar-refractivity contribution in [2.75, 3.05) is 19.8 Å². The van der Waals surface area contributed by atoms with Gasteiger partial charge in [-0.1, -0.05) is 24.6 Å². The van der Waals surface area contributed by atoms with Crippen LogP contribution >= 0.6 is 27.5 Å². The molecule has 5 heteroatoms. The Labute approximate surface area is 121 Å². The zero-order chi connectivity index (χ0) is 13.4. The molecule has 0 spiro atoms. The smallest absolute Gasteiger partial charge is 0.252 e. The number of halogens is 2. The number of nitrogens with one attached hydrogen (secondary N) is 1. The molecule has 1 amide bonds. The molecule has 0 saturated carbocycles. The molecule has 0 aliphatic carbocycles. The maximum Gasteiger partial charge on any atom is 0.252 e. The number of benzene rings is 1. The lowest BCUT2D eigenvalue weighted by Gasteiger charge is -2.07. The molecule has 0 bridgehead atoms. The Morgan fingerprint density at radius 2 is 2.22 bits per heavy atom. The van der Waals surface area contributed by atoms with Crippen molar-refractivity contribution >= 4 is 33.4 Å². The van der Waals surface area contributed by atoms with E-state index in [1.807, 2.05) is 0 Å². The van der Waals surface area contributed by atoms with E-state index in [-0.39, 0.29) is 5.91 Å². The summed E-state index contributed by atoms with van der Waals surface area (Å²) in [5, 5.41) is 3.26. The SMILES string of the molecule is CCCOCCCNC(=O)c1cccc(Br)c1Cl. The predicted octanol–water partition coefficient (Wildman–Crippen LogP) is 3.65. The number of amides is 1. The molecule has 3 nitrogen and oxygen atoms in total. The molecular formula is C13H17BrClNO2. The highest BCUT2D eigenvalue weighted by atomic mass is 79.9. The van der Waals surface area contributed by atoms with Gasteiger partial charge in [0.05, 0.1) is 10.6 Å². The number of rotatable bonds is 7. The van der Waals surface area contributed by atoms with E-state index in [4.69, 9.17) is 16.3 Å². The van der Waals surface area contributed by atoms with Gasteiger partial charge in [-0.15, -0.1) is 0 Å². The number of hydrogen-bond acceptors (Lipinski definition) is 2. The molecule has 18 heavy (non-hydrogen) atoms. The van der Waals surface area contributed by atoms with Crippen LogP contribution in [0.2, 0.25) is 5.02 Å². The molecule has 0 saturated heterocycles. The summed E-state index contributed by atoms with van der Waals surface area (Å²) in [7, 11) is 0. The Morgan fingerprint density at radius 3 is 2.94 bits per heavy atom. The third-order valence-corrected chi connectivity index (χ3v) is 3.59. The molecule has 0 fully saturated rings. The summed E-state index contributed by atoms with van der Waals surface area (Å²) in [6, 6.07) is 5.29. The summed E-state index contributed by atoms with van der Waals surface area (Å²) in [6.07, 6.45) is 1.82. The zero-order valence-corrected chi connectivity index (χ0v) is 12.7. The fraction of sp³-hybridized carbons (Fsp3) is 0.462. The van der Waals surface area contributed by atoms with Gasteiger partial charge in [0.1, 0.15) is 0 Å². The second kappa shape index (κ2) is 8.51. The summed E-state index contributed by atoms with van der Waals surface area (Å²) < 4.78 is 6.05. The molecule has 1 N–H and O–H groups in total. The van der Waals surface area contributed by atoms with E-state index < -0.39 is 0 Å². The Bertz CT molecular complexity index is 399. The standard InChI is InChI=1S/C13H17BrClNO2/c1-2-8-18-9-4-7-16-13(17)10-5-3-6-11(14)12(10)15/h3,5-6H,2,4,7-9H2,1H3,(H,16,17). The minimum atomic E-state index is -0.156. The first kappa shape index (κ1) is 15.5. The summed E-state index contributed by atoms with van der Waals surface area (Å²) in [6.45, 7) is 4.09. The molecule has 0 heterocycles. The molecule has 0 unspecified atom stereocenters. The van der Waals surface area contributed by atoms with E-state index in [1.165, 1.54) is 0 Å². The maximum absolute atomic E-state index is 11.8. The van der Waals surface area contributed by atoms with Gasteiger partial charge in [-0.3, -0.25) is 4.79 Å². The van der Waals surface area contributed by atoms with Crippen LogP contribution in [-0.2, 0) is 4.74 Å². The van der Waals surface area contributed by atoms with Gasteiger partial charge in [0, 0.05) is 24.2 Å². The zero-order valence-electron chi connectivity index (χ0n) is 10.3. The Kier molecular flexibility index (Phi) is 7.32. The van der Waals surface area contributed by atoms with Crippen molar-refractivity contribution in [2.24, 2.45) is 0 Å². The van der Waals surface area contributed by atoms with Crippen molar-refractivity contribution in [1.29, 1.82) is 0 Å². The van der Waals surface area contributed by atoms with Crippen LogP contribution in [0.25, 0.3) is 0 Å². The molecule has 0 aliphatic rings. The number of ether oxygens (including phenoxy) is 1. The first-order chi connectivity index (χ1) is 8.66. The van der Waals surface area contributed by atoms with Gasteiger partial charge >= 0.3 is 0 Å². The van der Waals surface area contributed by atoms with Gasteiger partial charge in [-0.25, -0.2) is 0 Å². The van der Waals surface area contributed by atoms with Gasteiger partial charge < -0.3 is 10.1 Å². The Morgan fingerprint density at radius 1 is 1.44 bits per heavy atom. The van der Waals surface area contributed by atoms with E-state index in [0.717, 1.165) is 23.9 Å². The van der Waals surface area contributed by atoms with Crippen LogP contribution in [-0.4, -0.2) is 25.7 Å². The van der Waals surface area contributed by atoms with Crippen LogP contribution in [0, 0.1) is 0 Å². The van der Waals surface area contributed by atoms with Crippen LogP contribution in [0.5, 0.6) is 0 Å². The summed E-state index contributed by atoms with van der Waals surface area (Å²) in [5.41, 5.74) is 0.487. The molecular weight excluding hydrogens is 318 g/mol. The van der Waals surface area contributed by atoms with Crippen molar-refractivity contribution in [3.8, 4) is 0 Å². The van der Waals surface area contributed by atoms with Gasteiger partial charge in [0.15, 0.2) is 0 Å². The number of carbonyl (C=O) groups excluding carboxylic acids is 1. The molecule has 100 valence electrons. The number of carbonyl (C=O) groups is 1. The van der Waals surface area contributed by atoms with E-state index in [9.17, 15) is 4.79 Å². The molecule has 1 aromatic carbocycles. The average molecular weight is 335 g/mol. The lowest BCUT2D eigenvalue weighted by molar-refractivity contribution is 0.0941. The topological polar surface area (TPSA) is 38.3 Å². The van der Waals surface area contributed by atoms with E-state index in [2.05, 4.69) is 28.2 Å². The minimum Gasteiger partial charge on any atom is -0.381 e. The van der Waals surface area contributed by atoms with E-state index >= 15 is 0 Å². The van der Waals surface area contributed by atoms with Gasteiger partial charge in [0.2, 0.25) is 0 Å². The highest BCUT2D eigenvalue weighted by Gasteiger charge is 2.11. The Balaban J connectivity index is 2.35. The van der Waals surface area contributed by atoms with Crippen LogP contribution < -0.4 is 5.32 Å². The Hall–Kier alpha value is -0.580. The van der Waals surface area contributed by atoms with Gasteiger partial charge in [-0.2, -0.15) is 0 Å². The molecule has 0 aromatic heterocycles. The van der Waals surface area contributed by atoms with Gasteiger partial charge in [0.25, 0.3) is 5.91 Å². The van der Waals surface area contributed by atoms with E-state index in [0.29, 0.717) is 23.7 Å². The highest BCUT2D eigenvalue weighted by Crippen LogP contribution is 2.25. The van der Waals surface area contributed by atoms with Crippen molar-refractivity contribution in [3.05, 3.63) is 33.3 Å². The molecule has 1 rings (SSSR count). The first-order valence-corrected chi connectivity index (χ1v) is 7.14. The van der Waals surface area contributed by atoms with Crippen LogP contribution in [0.15, 0.2) is 22.7 Å². The monoisotopic (exact) mass is 333 g/mol. The largest absolute Gasteiger partial charge is 0.381 e. The second-order valence-electron chi connectivity index (χ2n) is 3.82. The molecule has 0 radical (unpaired) electrons. The third kappa shape index (κ3) is 4.96. The average Bonchev–Trinajstić information content (AvgIpc) is 2.36. The fourth-order valence-electron chi connectivity index (χ4n) is 1.40. The molecule has 1 aromatic rings. The van der Waals surface area contributed by atoms with Crippen molar-refractivity contribution in [1.82, 2.24) is 5.32 Å². The molecule has 0 aliphatic heterocycles. The first-order valence-electron chi connectivity index (χ1n) is 5.96. The highest BCUT2D eigenvalue weighted by molar-refractivity contribution is 9.10. The summed E-state index contributed by atoms with van der Waals surface area (Å²) in [4.78, 5) is 11.8. The normalized spacial score (nSPS) is 10.4. The van der Waals surface area contributed by atoms with Crippen molar-refractivity contribution in [2.45, 2.75) is 19.8 Å². The lowest BCUT2D eigenvalue weighted by Crippen LogP contribution is -2.25. The van der Waals surface area contributed by atoms with Crippen LogP contribution in [0.4, 0.5) is 0 Å². The lowest BCUT2D eigenvalue weighted by atomic mass is 10.2.